The summed E-state index contributed by atoms with van der Waals surface area (Å²) in [6, 6.07) is -0.540. The molecule has 0 bridgehead atoms. The Morgan fingerprint density at radius 3 is 2.86 bits per heavy atom. The third-order valence-electron chi connectivity index (χ3n) is 2.67. The van der Waals surface area contributed by atoms with Gasteiger partial charge in [0.15, 0.2) is 0 Å². The molecule has 2 N–H and O–H groups in total. The van der Waals surface area contributed by atoms with Gasteiger partial charge in [0.2, 0.25) is 0 Å². The van der Waals surface area contributed by atoms with E-state index in [2.05, 4.69) is 10.9 Å². The number of aliphatic imine (C=N–C) groups is 1. The maximum absolute atomic E-state index is 11.5. The lowest BCUT2D eigenvalue weighted by Gasteiger charge is -2.45. The quantitative estimate of drug-likeness (QED) is 0.631. The Morgan fingerprint density at radius 1 is 1.79 bits per heavy atom. The Hall–Kier alpha value is -1.15. The molecule has 0 aromatic heterocycles. The highest BCUT2D eigenvalue weighted by Gasteiger charge is 2.54. The van der Waals surface area contributed by atoms with E-state index in [1.807, 2.05) is 6.92 Å². The molecule has 2 aliphatic rings. The summed E-state index contributed by atoms with van der Waals surface area (Å²) in [5.41, 5.74) is 5.37. The molecule has 2 rings (SSSR count). The first-order valence-electron chi connectivity index (χ1n) is 4.33. The zero-order valence-corrected chi connectivity index (χ0v) is 8.67. The van der Waals surface area contributed by atoms with E-state index in [4.69, 9.17) is 12.2 Å². The number of thioether (sulfide) groups is 1. The highest BCUT2D eigenvalue weighted by atomic mass is 32.2. The van der Waals surface area contributed by atoms with Crippen LogP contribution in [-0.2, 0) is 0 Å². The predicted molar refractivity (Wildman–Crippen MR) is 57.2 cm³/mol. The second kappa shape index (κ2) is 2.92. The molecule has 1 saturated heterocycles. The average Bonchev–Trinajstić information content (AvgIpc) is 2.34. The largest absolute Gasteiger partial charge is 0.385 e. The van der Waals surface area contributed by atoms with Crippen LogP contribution in [0.4, 0.5) is 4.79 Å². The van der Waals surface area contributed by atoms with Crippen LogP contribution < -0.4 is 5.73 Å². The molecule has 2 heterocycles. The van der Waals surface area contributed by atoms with Crippen LogP contribution >= 0.6 is 11.8 Å². The minimum absolute atomic E-state index is 0.242. The van der Waals surface area contributed by atoms with E-state index in [-0.39, 0.29) is 17.6 Å². The molecular formula is C9H11N3OS. The highest BCUT2D eigenvalue weighted by molar-refractivity contribution is 8.01. The summed E-state index contributed by atoms with van der Waals surface area (Å²) in [7, 11) is 0. The van der Waals surface area contributed by atoms with Crippen molar-refractivity contribution in [3.8, 4) is 12.3 Å². The molecule has 0 aliphatic carbocycles. The summed E-state index contributed by atoms with van der Waals surface area (Å²) in [6.45, 7) is 1.82. The smallest absolute Gasteiger partial charge is 0.347 e. The Labute approximate surface area is 86.9 Å². The zero-order chi connectivity index (χ0) is 10.3. The van der Waals surface area contributed by atoms with Crippen LogP contribution in [0.15, 0.2) is 4.99 Å². The third-order valence-corrected chi connectivity index (χ3v) is 4.03. The van der Waals surface area contributed by atoms with Crippen molar-refractivity contribution in [1.29, 1.82) is 0 Å². The molecule has 1 atom stereocenters. The Balaban J connectivity index is 2.34. The number of carbonyl (C=O) groups excluding carboxylic acids is 1. The number of terminal acetylenes is 1. The van der Waals surface area contributed by atoms with E-state index in [0.29, 0.717) is 5.84 Å². The molecule has 74 valence electrons. The molecule has 0 radical (unpaired) electrons. The summed E-state index contributed by atoms with van der Waals surface area (Å²) in [4.78, 5) is 17.0. The predicted octanol–water partition coefficient (Wildman–Crippen LogP) is 0.287. The summed E-state index contributed by atoms with van der Waals surface area (Å²) < 4.78 is 0. The molecule has 0 saturated carbocycles. The van der Waals surface area contributed by atoms with Crippen molar-refractivity contribution < 1.29 is 4.79 Å². The van der Waals surface area contributed by atoms with E-state index in [9.17, 15) is 4.79 Å². The molecule has 0 aromatic rings. The van der Waals surface area contributed by atoms with Crippen LogP contribution in [-0.4, -0.2) is 39.9 Å². The van der Waals surface area contributed by atoms with Crippen LogP contribution in [0.3, 0.4) is 0 Å². The minimum Gasteiger partial charge on any atom is -0.385 e. The van der Waals surface area contributed by atoms with Gasteiger partial charge in [-0.15, -0.1) is 6.42 Å². The fourth-order valence-electron chi connectivity index (χ4n) is 1.76. The highest BCUT2D eigenvalue weighted by Crippen LogP contribution is 2.40. The normalized spacial score (nSPS) is 25.6. The summed E-state index contributed by atoms with van der Waals surface area (Å²) in [6.07, 6.45) is 5.32. The Kier molecular flexibility index (Phi) is 1.96. The maximum Gasteiger partial charge on any atom is 0.347 e. The molecule has 5 heteroatoms. The second-order valence-corrected chi connectivity index (χ2v) is 4.50. The first kappa shape index (κ1) is 9.41. The first-order valence-corrected chi connectivity index (χ1v) is 5.49. The maximum atomic E-state index is 11.5. The van der Waals surface area contributed by atoms with Gasteiger partial charge in [0.1, 0.15) is 11.4 Å². The number of urea groups is 1. The van der Waals surface area contributed by atoms with E-state index in [0.717, 1.165) is 11.5 Å². The number of hydrogen-bond acceptors (Lipinski definition) is 3. The number of amides is 2. The monoisotopic (exact) mass is 209 g/mol. The summed E-state index contributed by atoms with van der Waals surface area (Å²) in [5.74, 6) is 4.58. The molecule has 14 heavy (non-hydrogen) atoms. The van der Waals surface area contributed by atoms with E-state index in [1.54, 1.807) is 16.7 Å². The van der Waals surface area contributed by atoms with Gasteiger partial charge < -0.3 is 5.73 Å². The lowest BCUT2D eigenvalue weighted by molar-refractivity contribution is 0.174. The molecule has 0 aromatic carbocycles. The lowest BCUT2D eigenvalue weighted by Crippen LogP contribution is -2.64. The Morgan fingerprint density at radius 2 is 2.43 bits per heavy atom. The van der Waals surface area contributed by atoms with Gasteiger partial charge in [-0.3, -0.25) is 4.90 Å². The number of nitrogens with two attached hydrogens (primary N) is 1. The van der Waals surface area contributed by atoms with Crippen LogP contribution in [0.25, 0.3) is 0 Å². The molecule has 2 amide bonds. The van der Waals surface area contributed by atoms with Crippen LogP contribution in [0.1, 0.15) is 6.92 Å². The number of hydrogen-bond donors (Lipinski definition) is 1. The first-order chi connectivity index (χ1) is 6.62. The number of nitrogens with zero attached hydrogens (tertiary/aromatic N) is 2. The second-order valence-electron chi connectivity index (χ2n) is 3.52. The number of amidine groups is 1. The summed E-state index contributed by atoms with van der Waals surface area (Å²) >= 11 is 1.75. The van der Waals surface area contributed by atoms with Crippen molar-refractivity contribution in [3.05, 3.63) is 0 Å². The summed E-state index contributed by atoms with van der Waals surface area (Å²) in [5, 5.41) is 0. The molecular weight excluding hydrogens is 198 g/mol. The lowest BCUT2D eigenvalue weighted by atomic mass is 9.99. The standard InChI is InChI=1S/C9H11N3OS/c1-3-6(2)12-8(13)11-7(10)9(12)4-14-5-9/h1,6H,4-5H2,2H3,(H2,10,11,13). The van der Waals surface area contributed by atoms with Crippen molar-refractivity contribution in [2.24, 2.45) is 10.7 Å². The Bertz CT molecular complexity index is 354. The number of carbonyl (C=O) groups is 1. The van der Waals surface area contributed by atoms with E-state index >= 15 is 0 Å². The van der Waals surface area contributed by atoms with Gasteiger partial charge in [0.05, 0.1) is 6.04 Å². The SMILES string of the molecule is C#CC(C)N1C(=O)N=C(N)C12CSC2. The van der Waals surface area contributed by atoms with Gasteiger partial charge >= 0.3 is 6.03 Å². The van der Waals surface area contributed by atoms with Crippen molar-refractivity contribution in [2.45, 2.75) is 18.5 Å². The fraction of sp³-hybridized carbons (Fsp3) is 0.556. The minimum atomic E-state index is -0.381. The number of rotatable bonds is 1. The molecule has 4 nitrogen and oxygen atoms in total. The van der Waals surface area contributed by atoms with E-state index in [1.165, 1.54) is 0 Å². The molecule has 1 unspecified atom stereocenters. The van der Waals surface area contributed by atoms with Crippen LogP contribution in [0, 0.1) is 12.3 Å². The molecule has 1 spiro atoms. The van der Waals surface area contributed by atoms with Gasteiger partial charge in [-0.05, 0) is 6.92 Å². The van der Waals surface area contributed by atoms with Gasteiger partial charge in [0.25, 0.3) is 0 Å². The molecule has 1 fully saturated rings. The van der Waals surface area contributed by atoms with Gasteiger partial charge in [-0.1, -0.05) is 5.92 Å². The van der Waals surface area contributed by atoms with Crippen molar-refractivity contribution in [1.82, 2.24) is 4.90 Å². The fourth-order valence-corrected chi connectivity index (χ4v) is 2.93. The average molecular weight is 209 g/mol. The van der Waals surface area contributed by atoms with Crippen molar-refractivity contribution in [3.63, 3.8) is 0 Å². The van der Waals surface area contributed by atoms with Crippen LogP contribution in [0.2, 0.25) is 0 Å². The molecule has 2 aliphatic heterocycles. The van der Waals surface area contributed by atoms with E-state index < -0.39 is 0 Å². The van der Waals surface area contributed by atoms with Gasteiger partial charge in [-0.25, -0.2) is 4.79 Å². The van der Waals surface area contributed by atoms with Crippen molar-refractivity contribution >= 4 is 23.6 Å². The zero-order valence-electron chi connectivity index (χ0n) is 7.86. The van der Waals surface area contributed by atoms with Crippen molar-refractivity contribution in [2.75, 3.05) is 11.5 Å². The third kappa shape index (κ3) is 0.976. The topological polar surface area (TPSA) is 58.7 Å². The van der Waals surface area contributed by atoms with Crippen LogP contribution in [0.5, 0.6) is 0 Å². The van der Waals surface area contributed by atoms with Gasteiger partial charge in [-0.2, -0.15) is 16.8 Å². The van der Waals surface area contributed by atoms with Gasteiger partial charge in [0, 0.05) is 11.5 Å².